The number of benzene rings is 2. The number of rotatable bonds is 10. The lowest BCUT2D eigenvalue weighted by atomic mass is 10.1. The second-order valence-corrected chi connectivity index (χ2v) is 6.57. The summed E-state index contributed by atoms with van der Waals surface area (Å²) in [6.45, 7) is 1.81. The number of methoxy groups -OCH3 is 4. The molecule has 1 atom stereocenters. The molecule has 2 amide bonds. The monoisotopic (exact) mass is 428 g/mol. The Morgan fingerprint density at radius 2 is 1.52 bits per heavy atom. The van der Waals surface area contributed by atoms with Gasteiger partial charge in [-0.2, -0.15) is 0 Å². The van der Waals surface area contributed by atoms with Gasteiger partial charge in [0.15, 0.2) is 11.5 Å². The third kappa shape index (κ3) is 6.67. The maximum Gasteiger partial charge on any atom is 0.244 e. The molecule has 0 spiro atoms. The van der Waals surface area contributed by atoms with Crippen molar-refractivity contribution in [2.24, 2.45) is 0 Å². The van der Waals surface area contributed by atoms with Gasteiger partial charge in [-0.05, 0) is 36.8 Å². The van der Waals surface area contributed by atoms with Crippen LogP contribution in [-0.2, 0) is 16.1 Å². The highest BCUT2D eigenvalue weighted by Gasteiger charge is 2.16. The molecule has 1 unspecified atom stereocenters. The van der Waals surface area contributed by atoms with E-state index in [9.17, 15) is 9.59 Å². The minimum absolute atomic E-state index is 0.199. The van der Waals surface area contributed by atoms with E-state index in [4.69, 9.17) is 18.9 Å². The van der Waals surface area contributed by atoms with E-state index in [-0.39, 0.29) is 18.4 Å². The first kappa shape index (κ1) is 23.6. The molecule has 0 aliphatic heterocycles. The first-order valence-electron chi connectivity index (χ1n) is 9.61. The van der Waals surface area contributed by atoms with Crippen molar-refractivity contribution in [3.05, 3.63) is 53.6 Å². The topological polar surface area (TPSA) is 95.1 Å². The molecule has 0 saturated carbocycles. The number of nitrogens with one attached hydrogen (secondary N) is 2. The summed E-state index contributed by atoms with van der Waals surface area (Å²) in [6, 6.07) is 9.96. The van der Waals surface area contributed by atoms with Crippen molar-refractivity contribution in [2.75, 3.05) is 28.4 Å². The van der Waals surface area contributed by atoms with Gasteiger partial charge in [0.25, 0.3) is 0 Å². The Labute approximate surface area is 182 Å². The fraction of sp³-hybridized carbons (Fsp3) is 0.304. The van der Waals surface area contributed by atoms with Crippen molar-refractivity contribution in [3.8, 4) is 23.0 Å². The molecule has 31 heavy (non-hydrogen) atoms. The molecule has 0 aliphatic carbocycles. The van der Waals surface area contributed by atoms with Crippen LogP contribution in [0.2, 0.25) is 0 Å². The first-order chi connectivity index (χ1) is 14.9. The molecular weight excluding hydrogens is 400 g/mol. The van der Waals surface area contributed by atoms with Gasteiger partial charge in [0, 0.05) is 24.3 Å². The predicted octanol–water partition coefficient (Wildman–Crippen LogP) is 2.56. The normalized spacial score (nSPS) is 11.5. The minimum Gasteiger partial charge on any atom is -0.497 e. The highest BCUT2D eigenvalue weighted by atomic mass is 16.5. The molecule has 0 radical (unpaired) electrons. The van der Waals surface area contributed by atoms with Gasteiger partial charge >= 0.3 is 0 Å². The van der Waals surface area contributed by atoms with E-state index in [1.807, 2.05) is 12.1 Å². The quantitative estimate of drug-likeness (QED) is 0.565. The molecule has 0 bridgehead atoms. The fourth-order valence-corrected chi connectivity index (χ4v) is 2.78. The molecule has 0 heterocycles. The van der Waals surface area contributed by atoms with Gasteiger partial charge in [-0.25, -0.2) is 0 Å². The zero-order chi connectivity index (χ0) is 22.8. The summed E-state index contributed by atoms with van der Waals surface area (Å²) in [6.07, 6.45) is 3.04. The van der Waals surface area contributed by atoms with Gasteiger partial charge in [0.05, 0.1) is 28.4 Å². The van der Waals surface area contributed by atoms with Gasteiger partial charge in [0.1, 0.15) is 17.5 Å². The number of amides is 2. The third-order valence-corrected chi connectivity index (χ3v) is 4.53. The van der Waals surface area contributed by atoms with Crippen molar-refractivity contribution in [1.82, 2.24) is 10.6 Å². The minimum atomic E-state index is -0.723. The molecule has 2 aromatic rings. The first-order valence-corrected chi connectivity index (χ1v) is 9.61. The van der Waals surface area contributed by atoms with Crippen LogP contribution in [0.25, 0.3) is 6.08 Å². The van der Waals surface area contributed by atoms with E-state index in [1.54, 1.807) is 44.4 Å². The summed E-state index contributed by atoms with van der Waals surface area (Å²) in [5.74, 6) is 1.64. The van der Waals surface area contributed by atoms with Crippen LogP contribution in [0.3, 0.4) is 0 Å². The van der Waals surface area contributed by atoms with Crippen LogP contribution in [0, 0.1) is 0 Å². The lowest BCUT2D eigenvalue weighted by Crippen LogP contribution is -2.44. The van der Waals surface area contributed by atoms with Crippen molar-refractivity contribution in [2.45, 2.75) is 19.5 Å². The Balaban J connectivity index is 1.93. The molecular formula is C23H28N2O6. The van der Waals surface area contributed by atoms with E-state index >= 15 is 0 Å². The van der Waals surface area contributed by atoms with Crippen LogP contribution < -0.4 is 29.6 Å². The van der Waals surface area contributed by atoms with Crippen LogP contribution in [0.4, 0.5) is 0 Å². The lowest BCUT2D eigenvalue weighted by molar-refractivity contribution is -0.126. The SMILES string of the molecule is COc1ccc(/C=C/C(=O)NC(C)C(=O)NCc2cc(OC)c(OC)cc2OC)cc1. The van der Waals surface area contributed by atoms with Crippen molar-refractivity contribution in [1.29, 1.82) is 0 Å². The molecule has 0 fully saturated rings. The van der Waals surface area contributed by atoms with E-state index in [0.29, 0.717) is 22.8 Å². The predicted molar refractivity (Wildman–Crippen MR) is 118 cm³/mol. The second-order valence-electron chi connectivity index (χ2n) is 6.57. The van der Waals surface area contributed by atoms with Gasteiger partial charge < -0.3 is 29.6 Å². The highest BCUT2D eigenvalue weighted by molar-refractivity contribution is 5.95. The molecule has 8 nitrogen and oxygen atoms in total. The van der Waals surface area contributed by atoms with Crippen LogP contribution in [0.1, 0.15) is 18.1 Å². The van der Waals surface area contributed by atoms with E-state index < -0.39 is 6.04 Å². The number of carbonyl (C=O) groups excluding carboxylic acids is 2. The van der Waals surface area contributed by atoms with Crippen LogP contribution in [0.5, 0.6) is 23.0 Å². The summed E-state index contributed by atoms with van der Waals surface area (Å²) >= 11 is 0. The molecule has 2 rings (SSSR count). The highest BCUT2D eigenvalue weighted by Crippen LogP contribution is 2.34. The Kier molecular flexibility index (Phi) is 8.75. The average molecular weight is 428 g/mol. The van der Waals surface area contributed by atoms with Gasteiger partial charge in [0.2, 0.25) is 11.8 Å². The Morgan fingerprint density at radius 1 is 0.903 bits per heavy atom. The molecule has 2 N–H and O–H groups in total. The maximum atomic E-state index is 12.4. The summed E-state index contributed by atoms with van der Waals surface area (Å²) < 4.78 is 21.0. The zero-order valence-electron chi connectivity index (χ0n) is 18.4. The molecule has 0 aromatic heterocycles. The number of hydrogen-bond donors (Lipinski definition) is 2. The smallest absolute Gasteiger partial charge is 0.244 e. The number of hydrogen-bond acceptors (Lipinski definition) is 6. The molecule has 166 valence electrons. The average Bonchev–Trinajstić information content (AvgIpc) is 2.80. The fourth-order valence-electron chi connectivity index (χ4n) is 2.78. The second kappa shape index (κ2) is 11.5. The van der Waals surface area contributed by atoms with Crippen LogP contribution in [-0.4, -0.2) is 46.3 Å². The maximum absolute atomic E-state index is 12.4. The number of carbonyl (C=O) groups is 2. The largest absolute Gasteiger partial charge is 0.497 e. The molecule has 2 aromatic carbocycles. The summed E-state index contributed by atoms with van der Waals surface area (Å²) in [4.78, 5) is 24.5. The van der Waals surface area contributed by atoms with E-state index in [2.05, 4.69) is 10.6 Å². The van der Waals surface area contributed by atoms with Gasteiger partial charge in [-0.3, -0.25) is 9.59 Å². The van der Waals surface area contributed by atoms with Crippen molar-refractivity contribution >= 4 is 17.9 Å². The zero-order valence-corrected chi connectivity index (χ0v) is 18.4. The summed E-state index contributed by atoms with van der Waals surface area (Å²) in [5, 5.41) is 5.43. The third-order valence-electron chi connectivity index (χ3n) is 4.53. The lowest BCUT2D eigenvalue weighted by Gasteiger charge is -2.16. The summed E-state index contributed by atoms with van der Waals surface area (Å²) in [5.41, 5.74) is 1.56. The van der Waals surface area contributed by atoms with Crippen molar-refractivity contribution < 1.29 is 28.5 Å². The Bertz CT molecular complexity index is 924. The van der Waals surface area contributed by atoms with Crippen molar-refractivity contribution in [3.63, 3.8) is 0 Å². The molecule has 0 saturated heterocycles. The van der Waals surface area contributed by atoms with Gasteiger partial charge in [-0.1, -0.05) is 12.1 Å². The van der Waals surface area contributed by atoms with Crippen LogP contribution in [0.15, 0.2) is 42.5 Å². The Hall–Kier alpha value is -3.68. The van der Waals surface area contributed by atoms with E-state index in [0.717, 1.165) is 11.3 Å². The molecule has 0 aliphatic rings. The standard InChI is InChI=1S/C23H28N2O6/c1-15(25-22(26)11-8-16-6-9-18(28-2)10-7-16)23(27)24-14-17-12-20(30-4)21(31-5)13-19(17)29-3/h6-13,15H,14H2,1-5H3,(H,24,27)(H,25,26)/b11-8+. The number of ether oxygens (including phenoxy) is 4. The molecule has 8 heteroatoms. The van der Waals surface area contributed by atoms with E-state index in [1.165, 1.54) is 27.4 Å². The summed E-state index contributed by atoms with van der Waals surface area (Å²) in [7, 11) is 6.19. The van der Waals surface area contributed by atoms with Crippen LogP contribution >= 0.6 is 0 Å². The van der Waals surface area contributed by atoms with Gasteiger partial charge in [-0.15, -0.1) is 0 Å². The Morgan fingerprint density at radius 3 is 2.10 bits per heavy atom.